The van der Waals surface area contributed by atoms with E-state index >= 15 is 0 Å². The minimum Gasteiger partial charge on any atom is -0.394 e. The fourth-order valence-corrected chi connectivity index (χ4v) is 2.11. The highest BCUT2D eigenvalue weighted by molar-refractivity contribution is 5.91. The van der Waals surface area contributed by atoms with E-state index in [0.717, 1.165) is 0 Å². The zero-order chi connectivity index (χ0) is 13.3. The van der Waals surface area contributed by atoms with Gasteiger partial charge in [-0.15, -0.1) is 0 Å². The Bertz CT molecular complexity index is 364. The molecule has 102 valence electrons. The van der Waals surface area contributed by atoms with Crippen molar-refractivity contribution in [3.8, 4) is 0 Å². The Morgan fingerprint density at radius 1 is 1.61 bits per heavy atom. The third-order valence-corrected chi connectivity index (χ3v) is 3.08. The van der Waals surface area contributed by atoms with Crippen molar-refractivity contribution < 1.29 is 23.7 Å². The van der Waals surface area contributed by atoms with Crippen LogP contribution in [0.2, 0.25) is 0 Å². The van der Waals surface area contributed by atoms with E-state index in [9.17, 15) is 13.9 Å². The number of hydrogen-bond donors (Lipinski definition) is 3. The van der Waals surface area contributed by atoms with Crippen LogP contribution in [0.4, 0.5) is 8.78 Å². The van der Waals surface area contributed by atoms with Crippen molar-refractivity contribution in [3.63, 3.8) is 0 Å². The van der Waals surface area contributed by atoms with Crippen LogP contribution < -0.4 is 5.73 Å². The summed E-state index contributed by atoms with van der Waals surface area (Å²) < 4.78 is 30.8. The molecule has 2 heterocycles. The van der Waals surface area contributed by atoms with E-state index in [-0.39, 0.29) is 6.67 Å². The molecular weight excluding hydrogens is 248 g/mol. The second-order valence-electron chi connectivity index (χ2n) is 4.20. The van der Waals surface area contributed by atoms with Gasteiger partial charge in [-0.05, 0) is 6.08 Å². The van der Waals surface area contributed by atoms with Gasteiger partial charge < -0.3 is 25.6 Å². The zero-order valence-electron chi connectivity index (χ0n) is 9.49. The van der Waals surface area contributed by atoms with Crippen molar-refractivity contribution in [1.82, 2.24) is 4.90 Å². The van der Waals surface area contributed by atoms with E-state index < -0.39 is 37.4 Å². The number of nitrogens with zero attached hydrogens (tertiary/aromatic N) is 2. The Morgan fingerprint density at radius 3 is 2.78 bits per heavy atom. The number of rotatable bonds is 3. The van der Waals surface area contributed by atoms with Crippen LogP contribution in [0, 0.1) is 5.92 Å². The summed E-state index contributed by atoms with van der Waals surface area (Å²) in [5, 5.41) is 18.9. The minimum absolute atomic E-state index is 0.123. The molecule has 0 aromatic rings. The summed E-state index contributed by atoms with van der Waals surface area (Å²) in [6.45, 7) is -0.441. The van der Waals surface area contributed by atoms with Gasteiger partial charge in [0.25, 0.3) is 0 Å². The van der Waals surface area contributed by atoms with Gasteiger partial charge in [-0.3, -0.25) is 0 Å². The first kappa shape index (κ1) is 13.2. The van der Waals surface area contributed by atoms with E-state index in [1.54, 1.807) is 0 Å². The molecule has 0 radical (unpaired) electrons. The average Bonchev–Trinajstić information content (AvgIpc) is 2.67. The molecule has 2 rings (SSSR count). The second-order valence-corrected chi connectivity index (χ2v) is 4.20. The summed E-state index contributed by atoms with van der Waals surface area (Å²) >= 11 is 0. The van der Waals surface area contributed by atoms with Crippen molar-refractivity contribution in [2.24, 2.45) is 16.6 Å². The number of hydrogen-bond acceptors (Lipinski definition) is 6. The predicted molar refractivity (Wildman–Crippen MR) is 58.7 cm³/mol. The number of aliphatic imine (C=N–C) groups is 1. The normalized spacial score (nSPS) is 36.3. The molecule has 18 heavy (non-hydrogen) atoms. The molecule has 6 nitrogen and oxygen atoms in total. The maximum absolute atomic E-state index is 12.8. The van der Waals surface area contributed by atoms with Crippen LogP contribution in [0.1, 0.15) is 0 Å². The highest BCUT2D eigenvalue weighted by Crippen LogP contribution is 2.33. The van der Waals surface area contributed by atoms with Crippen LogP contribution in [0.25, 0.3) is 0 Å². The number of amidine groups is 1. The summed E-state index contributed by atoms with van der Waals surface area (Å²) in [6.07, 6.45) is -3.16. The Morgan fingerprint density at radius 2 is 2.33 bits per heavy atom. The molecule has 0 amide bonds. The molecule has 2 aliphatic rings. The average molecular weight is 263 g/mol. The maximum Gasteiger partial charge on any atom is 0.246 e. The monoisotopic (exact) mass is 263 g/mol. The molecule has 1 saturated heterocycles. The van der Waals surface area contributed by atoms with Crippen LogP contribution in [-0.2, 0) is 4.74 Å². The first-order chi connectivity index (χ1) is 8.54. The van der Waals surface area contributed by atoms with Crippen molar-refractivity contribution >= 4 is 5.84 Å². The molecule has 1 unspecified atom stereocenters. The zero-order valence-corrected chi connectivity index (χ0v) is 9.49. The lowest BCUT2D eigenvalue weighted by atomic mass is 9.99. The van der Waals surface area contributed by atoms with E-state index in [4.69, 9.17) is 15.6 Å². The number of aliphatic hydroxyl groups is 2. The highest BCUT2D eigenvalue weighted by Gasteiger charge is 2.49. The molecule has 0 spiro atoms. The van der Waals surface area contributed by atoms with Gasteiger partial charge in [0.2, 0.25) is 6.43 Å². The lowest BCUT2D eigenvalue weighted by molar-refractivity contribution is -0.0792. The largest absolute Gasteiger partial charge is 0.394 e. The first-order valence-corrected chi connectivity index (χ1v) is 5.51. The summed E-state index contributed by atoms with van der Waals surface area (Å²) in [5.74, 6) is -1.08. The van der Waals surface area contributed by atoms with Crippen LogP contribution >= 0.6 is 0 Å². The van der Waals surface area contributed by atoms with Crippen LogP contribution in [0.15, 0.2) is 17.3 Å². The molecule has 4 atom stereocenters. The summed E-state index contributed by atoms with van der Waals surface area (Å²) in [5.41, 5.74) is 5.43. The quantitative estimate of drug-likeness (QED) is 0.613. The van der Waals surface area contributed by atoms with Crippen LogP contribution in [0.3, 0.4) is 0 Å². The van der Waals surface area contributed by atoms with Crippen molar-refractivity contribution in [1.29, 1.82) is 0 Å². The Hall–Kier alpha value is -1.25. The molecule has 0 bridgehead atoms. The van der Waals surface area contributed by atoms with E-state index in [0.29, 0.717) is 5.84 Å². The van der Waals surface area contributed by atoms with Gasteiger partial charge >= 0.3 is 0 Å². The highest BCUT2D eigenvalue weighted by atomic mass is 19.3. The molecule has 0 aromatic heterocycles. The number of aliphatic hydroxyl groups excluding tert-OH is 2. The maximum atomic E-state index is 12.8. The predicted octanol–water partition coefficient (Wildman–Crippen LogP) is -0.910. The standard InChI is InChI=1S/C10H15F2N3O3/c11-9(12)7-5(3-16)18-10(8(7)17)15-2-1-6(13)14-4-15/h1-2,5,7-10,16-17H,3-4H2,(H2,13,14)/t5?,7-,8-,10-/m1/s1. The fourth-order valence-electron chi connectivity index (χ4n) is 2.11. The van der Waals surface area contributed by atoms with Gasteiger partial charge in [0.15, 0.2) is 6.23 Å². The number of alkyl halides is 2. The third kappa shape index (κ3) is 2.31. The van der Waals surface area contributed by atoms with Gasteiger partial charge in [0.1, 0.15) is 18.6 Å². The topological polar surface area (TPSA) is 91.3 Å². The molecule has 1 fully saturated rings. The van der Waals surface area contributed by atoms with Gasteiger partial charge in [-0.2, -0.15) is 0 Å². The summed E-state index contributed by atoms with van der Waals surface area (Å²) in [7, 11) is 0. The number of nitrogens with two attached hydrogens (primary N) is 1. The molecule has 4 N–H and O–H groups in total. The van der Waals surface area contributed by atoms with Gasteiger partial charge in [0, 0.05) is 6.20 Å². The Kier molecular flexibility index (Phi) is 3.79. The van der Waals surface area contributed by atoms with Crippen molar-refractivity contribution in [2.75, 3.05) is 13.3 Å². The van der Waals surface area contributed by atoms with Crippen molar-refractivity contribution in [3.05, 3.63) is 12.3 Å². The molecule has 0 aromatic carbocycles. The Balaban J connectivity index is 2.09. The molecule has 0 aliphatic carbocycles. The number of halogens is 2. The second kappa shape index (κ2) is 5.17. The lowest BCUT2D eigenvalue weighted by Gasteiger charge is -2.29. The van der Waals surface area contributed by atoms with E-state index in [2.05, 4.69) is 4.99 Å². The van der Waals surface area contributed by atoms with Crippen LogP contribution in [-0.4, -0.2) is 59.1 Å². The van der Waals surface area contributed by atoms with Gasteiger partial charge in [-0.25, -0.2) is 13.8 Å². The fraction of sp³-hybridized carbons (Fsp3) is 0.700. The third-order valence-electron chi connectivity index (χ3n) is 3.08. The molecule has 8 heteroatoms. The van der Waals surface area contributed by atoms with Gasteiger partial charge in [0.05, 0.1) is 18.6 Å². The van der Waals surface area contributed by atoms with E-state index in [1.165, 1.54) is 17.2 Å². The Labute approximate surface area is 102 Å². The minimum atomic E-state index is -2.76. The van der Waals surface area contributed by atoms with Crippen LogP contribution in [0.5, 0.6) is 0 Å². The first-order valence-electron chi connectivity index (χ1n) is 5.51. The molecular formula is C10H15F2N3O3. The van der Waals surface area contributed by atoms with Gasteiger partial charge in [-0.1, -0.05) is 0 Å². The molecule has 0 saturated carbocycles. The number of ether oxygens (including phenoxy) is 1. The smallest absolute Gasteiger partial charge is 0.246 e. The summed E-state index contributed by atoms with van der Waals surface area (Å²) in [6, 6.07) is 0. The van der Waals surface area contributed by atoms with Crippen molar-refractivity contribution in [2.45, 2.75) is 24.9 Å². The SMILES string of the molecule is NC1=NCN([C@@H]2OC(CO)[C@@H](C(F)F)[C@H]2O)C=C1. The lowest BCUT2D eigenvalue weighted by Crippen LogP contribution is -2.42. The van der Waals surface area contributed by atoms with E-state index in [1.807, 2.05) is 0 Å². The summed E-state index contributed by atoms with van der Waals surface area (Å²) in [4.78, 5) is 5.37. The molecule has 2 aliphatic heterocycles.